The van der Waals surface area contributed by atoms with E-state index in [1.807, 2.05) is 30.3 Å². The lowest BCUT2D eigenvalue weighted by Gasteiger charge is -2.25. The van der Waals surface area contributed by atoms with Gasteiger partial charge in [0.05, 0.1) is 17.9 Å². The molecule has 0 spiro atoms. The van der Waals surface area contributed by atoms with Crippen molar-refractivity contribution in [1.29, 1.82) is 0 Å². The van der Waals surface area contributed by atoms with Crippen LogP contribution in [0.1, 0.15) is 69.3 Å². The van der Waals surface area contributed by atoms with Gasteiger partial charge in [-0.2, -0.15) is 0 Å². The second-order valence-corrected chi connectivity index (χ2v) is 11.2. The molecule has 0 bridgehead atoms. The van der Waals surface area contributed by atoms with E-state index in [0.29, 0.717) is 16.8 Å². The Bertz CT molecular complexity index is 1570. The molecule has 3 aromatic carbocycles. The van der Waals surface area contributed by atoms with Crippen LogP contribution >= 0.6 is 0 Å². The highest BCUT2D eigenvalue weighted by Gasteiger charge is 2.25. The monoisotopic (exact) mass is 560 g/mol. The van der Waals surface area contributed by atoms with Crippen molar-refractivity contribution in [3.63, 3.8) is 0 Å². The molecule has 0 radical (unpaired) electrons. The van der Waals surface area contributed by atoms with Crippen LogP contribution in [-0.2, 0) is 13.0 Å². The summed E-state index contributed by atoms with van der Waals surface area (Å²) >= 11 is 0. The lowest BCUT2D eigenvalue weighted by Crippen LogP contribution is -2.43. The van der Waals surface area contributed by atoms with E-state index in [4.69, 9.17) is 5.73 Å². The third kappa shape index (κ3) is 6.34. The summed E-state index contributed by atoms with van der Waals surface area (Å²) in [7, 11) is 0. The highest BCUT2D eigenvalue weighted by Crippen LogP contribution is 2.31. The molecule has 1 aliphatic heterocycles. The zero-order valence-corrected chi connectivity index (χ0v) is 23.6. The van der Waals surface area contributed by atoms with Gasteiger partial charge in [0, 0.05) is 30.3 Å². The Morgan fingerprint density at radius 2 is 1.74 bits per heavy atom. The van der Waals surface area contributed by atoms with Crippen molar-refractivity contribution in [1.82, 2.24) is 25.5 Å². The van der Waals surface area contributed by atoms with Crippen LogP contribution in [0, 0.1) is 0 Å². The first-order valence-corrected chi connectivity index (χ1v) is 14.7. The van der Waals surface area contributed by atoms with E-state index < -0.39 is 0 Å². The highest BCUT2D eigenvalue weighted by molar-refractivity contribution is 5.97. The number of nitrogens with one attached hydrogen (secondary N) is 2. The number of nitrogen functional groups attached to an aromatic ring is 1. The molecule has 1 fully saturated rings. The van der Waals surface area contributed by atoms with Crippen LogP contribution in [0.15, 0.2) is 85.1 Å². The number of aromatic nitrogens is 2. The smallest absolute Gasteiger partial charge is 0.274 e. The van der Waals surface area contributed by atoms with Gasteiger partial charge < -0.3 is 16.4 Å². The van der Waals surface area contributed by atoms with E-state index in [2.05, 4.69) is 61.9 Å². The Hall–Kier alpha value is -4.56. The quantitative estimate of drug-likeness (QED) is 0.296. The van der Waals surface area contributed by atoms with Gasteiger partial charge in [-0.1, -0.05) is 73.2 Å². The van der Waals surface area contributed by atoms with Crippen molar-refractivity contribution in [2.45, 2.75) is 50.7 Å². The predicted octanol–water partition coefficient (Wildman–Crippen LogP) is 4.93. The fourth-order valence-electron chi connectivity index (χ4n) is 6.05. The number of nitrogens with two attached hydrogens (primary N) is 1. The summed E-state index contributed by atoms with van der Waals surface area (Å²) in [5.74, 6) is -0.393. The minimum Gasteiger partial charge on any atom is -0.382 e. The topological polar surface area (TPSA) is 113 Å². The molecule has 1 saturated heterocycles. The number of hydrogen-bond acceptors (Lipinski definition) is 6. The van der Waals surface area contributed by atoms with Crippen molar-refractivity contribution in [3.8, 4) is 11.3 Å². The summed E-state index contributed by atoms with van der Waals surface area (Å²) in [6.45, 7) is 2.61. The first-order chi connectivity index (χ1) is 20.5. The molecular formula is C34H36N6O2. The molecule has 1 aliphatic carbocycles. The maximum Gasteiger partial charge on any atom is 0.274 e. The zero-order chi connectivity index (χ0) is 28.9. The van der Waals surface area contributed by atoms with Gasteiger partial charge in [0.2, 0.25) is 0 Å². The third-order valence-corrected chi connectivity index (χ3v) is 8.21. The number of benzene rings is 3. The van der Waals surface area contributed by atoms with Crippen molar-refractivity contribution < 1.29 is 9.59 Å². The molecule has 0 saturated carbocycles. The molecule has 1 aromatic heterocycles. The van der Waals surface area contributed by atoms with E-state index in [1.54, 1.807) is 18.3 Å². The molecule has 42 heavy (non-hydrogen) atoms. The maximum atomic E-state index is 13.4. The van der Waals surface area contributed by atoms with E-state index >= 15 is 0 Å². The first-order valence-electron chi connectivity index (χ1n) is 14.7. The fraction of sp³-hybridized carbons (Fsp3) is 0.294. The number of nitrogens with zero attached hydrogens (tertiary/aromatic N) is 3. The van der Waals surface area contributed by atoms with Gasteiger partial charge in [0.25, 0.3) is 11.8 Å². The molecule has 4 aromatic rings. The van der Waals surface area contributed by atoms with Crippen molar-refractivity contribution in [2.24, 2.45) is 0 Å². The van der Waals surface area contributed by atoms with Gasteiger partial charge in [-0.15, -0.1) is 0 Å². The number of carbonyl (C=O) groups is 2. The average Bonchev–Trinajstić information content (AvgIpc) is 3.29. The number of fused-ring (bicyclic) bond motifs is 1. The van der Waals surface area contributed by atoms with Crippen LogP contribution in [0.5, 0.6) is 0 Å². The molecule has 8 heteroatoms. The lowest BCUT2D eigenvalue weighted by atomic mass is 10.1. The molecule has 2 amide bonds. The van der Waals surface area contributed by atoms with Gasteiger partial charge in [-0.25, -0.2) is 9.97 Å². The number of rotatable bonds is 7. The number of hydrogen-bond donors (Lipinski definition) is 3. The summed E-state index contributed by atoms with van der Waals surface area (Å²) < 4.78 is 0. The predicted molar refractivity (Wildman–Crippen MR) is 164 cm³/mol. The van der Waals surface area contributed by atoms with Crippen LogP contribution in [0.4, 0.5) is 5.82 Å². The summed E-state index contributed by atoms with van der Waals surface area (Å²) in [6, 6.07) is 25.9. The van der Waals surface area contributed by atoms with Crippen molar-refractivity contribution in [3.05, 3.63) is 113 Å². The first kappa shape index (κ1) is 27.6. The third-order valence-electron chi connectivity index (χ3n) is 8.21. The normalized spacial score (nSPS) is 18.6. The van der Waals surface area contributed by atoms with Crippen molar-refractivity contribution >= 4 is 17.6 Å². The zero-order valence-electron chi connectivity index (χ0n) is 23.6. The fourth-order valence-corrected chi connectivity index (χ4v) is 6.05. The number of amides is 2. The van der Waals surface area contributed by atoms with Crippen LogP contribution < -0.4 is 16.4 Å². The van der Waals surface area contributed by atoms with E-state index in [9.17, 15) is 9.59 Å². The minimum absolute atomic E-state index is 0.00317. The molecule has 214 valence electrons. The Morgan fingerprint density at radius 1 is 0.905 bits per heavy atom. The highest BCUT2D eigenvalue weighted by atomic mass is 16.2. The minimum atomic E-state index is -0.331. The van der Waals surface area contributed by atoms with Crippen LogP contribution in [0.2, 0.25) is 0 Å². The van der Waals surface area contributed by atoms with Gasteiger partial charge in [0.1, 0.15) is 0 Å². The van der Waals surface area contributed by atoms with Gasteiger partial charge in [0.15, 0.2) is 11.5 Å². The Morgan fingerprint density at radius 3 is 2.62 bits per heavy atom. The molecule has 2 atom stereocenters. The Labute approximate surface area is 246 Å². The lowest BCUT2D eigenvalue weighted by molar-refractivity contribution is 0.0917. The van der Waals surface area contributed by atoms with Gasteiger partial charge >= 0.3 is 0 Å². The molecular weight excluding hydrogens is 524 g/mol. The molecule has 1 unspecified atom stereocenters. The molecule has 6 rings (SSSR count). The molecule has 2 aliphatic rings. The average molecular weight is 561 g/mol. The molecule has 2 heterocycles. The largest absolute Gasteiger partial charge is 0.382 e. The summed E-state index contributed by atoms with van der Waals surface area (Å²) in [4.78, 5) is 37.8. The number of aryl methyl sites for hydroxylation is 1. The standard InChI is InChI=1S/C34H36N6O2/c35-32-31(34(42)37-27-14-6-7-18-40(22-27)21-23-9-2-1-3-10-23)38-30(20-36-32)25-12-8-13-26(19-25)33(41)39-29-17-16-24-11-4-5-15-28(24)29/h1-5,8-13,15,19-20,27,29H,6-7,14,16-18,21-22H2,(H2,35,36)(H,37,42)(H,39,41)/t27-,29?/m0/s1. The van der Waals surface area contributed by atoms with Crippen LogP contribution in [0.3, 0.4) is 0 Å². The summed E-state index contributed by atoms with van der Waals surface area (Å²) in [5.41, 5.74) is 11.7. The SMILES string of the molecule is Nc1ncc(-c2cccc(C(=O)NC3CCc4ccccc43)c2)nc1C(=O)N[C@H]1CCCCN(Cc2ccccc2)C1. The van der Waals surface area contributed by atoms with E-state index in [0.717, 1.165) is 51.7 Å². The Kier molecular flexibility index (Phi) is 8.23. The van der Waals surface area contributed by atoms with Crippen molar-refractivity contribution in [2.75, 3.05) is 18.8 Å². The number of carbonyl (C=O) groups excluding carboxylic acids is 2. The van der Waals surface area contributed by atoms with Crippen LogP contribution in [0.25, 0.3) is 11.3 Å². The van der Waals surface area contributed by atoms with E-state index in [1.165, 1.54) is 16.7 Å². The number of likely N-dealkylation sites (tertiary alicyclic amines) is 1. The van der Waals surface area contributed by atoms with Gasteiger partial charge in [-0.3, -0.25) is 14.5 Å². The second kappa shape index (κ2) is 12.5. The maximum absolute atomic E-state index is 13.4. The summed E-state index contributed by atoms with van der Waals surface area (Å²) in [6.07, 6.45) is 6.42. The second-order valence-electron chi connectivity index (χ2n) is 11.2. The number of anilines is 1. The van der Waals surface area contributed by atoms with Gasteiger partial charge in [-0.05, 0) is 61.1 Å². The molecule has 8 nitrogen and oxygen atoms in total. The van der Waals surface area contributed by atoms with Crippen LogP contribution in [-0.4, -0.2) is 45.8 Å². The Balaban J connectivity index is 1.14. The summed E-state index contributed by atoms with van der Waals surface area (Å²) in [5, 5.41) is 6.34. The van der Waals surface area contributed by atoms with E-state index in [-0.39, 0.29) is 35.4 Å². The molecule has 4 N–H and O–H groups in total.